The fourth-order valence-electron chi connectivity index (χ4n) is 10.7. The molecule has 0 spiro atoms. The summed E-state index contributed by atoms with van der Waals surface area (Å²) in [5.74, 6) is -5.43. The highest BCUT2D eigenvalue weighted by molar-refractivity contribution is 5.89. The summed E-state index contributed by atoms with van der Waals surface area (Å²) in [5, 5.41) is 16.6. The van der Waals surface area contributed by atoms with Gasteiger partial charge in [-0.3, -0.25) is 9.59 Å². The fourth-order valence-corrected chi connectivity index (χ4v) is 10.7. The van der Waals surface area contributed by atoms with Crippen LogP contribution in [0.2, 0.25) is 0 Å². The molecule has 6 rings (SSSR count). The summed E-state index contributed by atoms with van der Waals surface area (Å²) in [6.07, 6.45) is -8.42. The van der Waals surface area contributed by atoms with Crippen molar-refractivity contribution < 1.29 is 71.8 Å². The third-order valence-electron chi connectivity index (χ3n) is 13.6. The molecule has 1 heterocycles. The maximum atomic E-state index is 15.1. The average Bonchev–Trinajstić information content (AvgIpc) is 3.24. The second-order valence-electron chi connectivity index (χ2n) is 19.2. The smallest absolute Gasteiger partial charge is 0.408 e. The van der Waals surface area contributed by atoms with Gasteiger partial charge >= 0.3 is 30.0 Å². The second kappa shape index (κ2) is 18.6. The zero-order valence-corrected chi connectivity index (χ0v) is 39.0. The van der Waals surface area contributed by atoms with Crippen molar-refractivity contribution in [3.8, 4) is 0 Å². The minimum atomic E-state index is -2.27. The van der Waals surface area contributed by atoms with Crippen molar-refractivity contribution in [3.63, 3.8) is 0 Å². The van der Waals surface area contributed by atoms with Crippen molar-refractivity contribution >= 4 is 36.3 Å². The Morgan fingerprint density at radius 1 is 0.954 bits per heavy atom. The van der Waals surface area contributed by atoms with Crippen LogP contribution in [0.15, 0.2) is 71.8 Å². The molecule has 3 aliphatic carbocycles. The summed E-state index contributed by atoms with van der Waals surface area (Å²) in [7, 11) is 0. The van der Waals surface area contributed by atoms with E-state index in [-0.39, 0.29) is 30.8 Å². The summed E-state index contributed by atoms with van der Waals surface area (Å²) in [4.78, 5) is 83.8. The Kier molecular flexibility index (Phi) is 14.1. The van der Waals surface area contributed by atoms with Crippen LogP contribution < -0.4 is 5.32 Å². The van der Waals surface area contributed by atoms with Gasteiger partial charge in [0.05, 0.1) is 29.5 Å². The van der Waals surface area contributed by atoms with Crippen LogP contribution in [0.5, 0.6) is 0 Å². The number of benzene rings is 2. The molecule has 1 aliphatic heterocycles. The molecule has 16 heteroatoms. The van der Waals surface area contributed by atoms with Crippen LogP contribution in [0.25, 0.3) is 0 Å². The third-order valence-corrected chi connectivity index (χ3v) is 13.6. The summed E-state index contributed by atoms with van der Waals surface area (Å²) in [5.41, 5.74) is -7.03. The van der Waals surface area contributed by atoms with Crippen molar-refractivity contribution in [1.82, 2.24) is 5.32 Å². The van der Waals surface area contributed by atoms with Crippen LogP contribution in [-0.4, -0.2) is 108 Å². The molecule has 2 bridgehead atoms. The first-order chi connectivity index (χ1) is 30.5. The van der Waals surface area contributed by atoms with Crippen molar-refractivity contribution in [2.75, 3.05) is 13.2 Å². The number of alkyl carbamates (subject to hydrolysis) is 1. The van der Waals surface area contributed by atoms with E-state index in [9.17, 15) is 29.1 Å². The number of nitrogens with one attached hydrogen (secondary N) is 1. The Morgan fingerprint density at radius 2 is 1.58 bits per heavy atom. The maximum Gasteiger partial charge on any atom is 0.408 e. The van der Waals surface area contributed by atoms with Crippen LogP contribution in [0, 0.1) is 22.7 Å². The van der Waals surface area contributed by atoms with Gasteiger partial charge in [-0.05, 0) is 82.7 Å². The van der Waals surface area contributed by atoms with Crippen LogP contribution in [-0.2, 0) is 57.1 Å². The van der Waals surface area contributed by atoms with Gasteiger partial charge < -0.3 is 53.1 Å². The van der Waals surface area contributed by atoms with Crippen LogP contribution in [0.4, 0.5) is 4.79 Å². The zero-order chi connectivity index (χ0) is 47.9. The minimum Gasteiger partial charge on any atom is -0.457 e. The summed E-state index contributed by atoms with van der Waals surface area (Å²) >= 11 is 0. The first kappa shape index (κ1) is 49.3. The van der Waals surface area contributed by atoms with Gasteiger partial charge in [-0.1, -0.05) is 69.3 Å². The molecular formula is C49H63NO15. The molecule has 2 aromatic carbocycles. The zero-order valence-electron chi connectivity index (χ0n) is 39.0. The summed E-state index contributed by atoms with van der Waals surface area (Å²) in [6.45, 7) is 17.6. The highest BCUT2D eigenvalue weighted by Gasteiger charge is 2.80. The number of carbonyl (C=O) groups is 6. The van der Waals surface area contributed by atoms with Gasteiger partial charge in [-0.25, -0.2) is 14.4 Å². The molecule has 16 nitrogen and oxygen atoms in total. The lowest BCUT2D eigenvalue weighted by Crippen LogP contribution is -2.78. The first-order valence-corrected chi connectivity index (χ1v) is 22.1. The van der Waals surface area contributed by atoms with E-state index in [1.54, 1.807) is 111 Å². The Balaban J connectivity index is 1.57. The molecular weight excluding hydrogens is 843 g/mol. The van der Waals surface area contributed by atoms with Gasteiger partial charge in [-0.15, -0.1) is 0 Å². The molecule has 0 radical (unpaired) electrons. The second-order valence-corrected chi connectivity index (χ2v) is 19.2. The molecule has 1 amide bonds. The van der Waals surface area contributed by atoms with E-state index < -0.39 is 119 Å². The number of hydrogen-bond donors (Lipinski definition) is 2. The number of amides is 1. The minimum absolute atomic E-state index is 0.122. The SMILES string of the molecule is CCOC(C)O[C@@H](C(=O)O[C@H]1C[C@@]2(O)[C@@H](OC(=O)c3ccccc3)[C@@H]3[C@]4(OC(C)=O)CO[C@@H]4C[C@H](C)[C@@]3(C=O)[C@H](OC(C)=O)C(=C1C)C2(C)C)[C@@H](NC(=O)OC(C)(C)C)c1ccccc1. The predicted octanol–water partition coefficient (Wildman–Crippen LogP) is 6.12. The molecule has 12 atom stereocenters. The molecule has 4 aliphatic rings. The molecule has 1 unspecified atom stereocenters. The van der Waals surface area contributed by atoms with Gasteiger partial charge in [0.15, 0.2) is 18.0 Å². The van der Waals surface area contributed by atoms with Gasteiger partial charge in [0.1, 0.15) is 41.9 Å². The molecule has 2 aromatic rings. The van der Waals surface area contributed by atoms with Gasteiger partial charge in [0.25, 0.3) is 0 Å². The topological polar surface area (TPSA) is 209 Å². The van der Waals surface area contributed by atoms with E-state index in [2.05, 4.69) is 5.32 Å². The molecule has 2 saturated carbocycles. The lowest BCUT2D eigenvalue weighted by Gasteiger charge is -2.64. The number of fused-ring (bicyclic) bond motifs is 5. The highest BCUT2D eigenvalue weighted by Crippen LogP contribution is 2.68. The number of aliphatic hydroxyl groups is 1. The van der Waals surface area contributed by atoms with Crippen molar-refractivity contribution in [2.45, 2.75) is 149 Å². The van der Waals surface area contributed by atoms with Crippen molar-refractivity contribution in [1.29, 1.82) is 0 Å². The first-order valence-electron chi connectivity index (χ1n) is 22.1. The summed E-state index contributed by atoms with van der Waals surface area (Å²) in [6, 6.07) is 15.4. The Hall–Kier alpha value is -5.16. The predicted molar refractivity (Wildman–Crippen MR) is 232 cm³/mol. The van der Waals surface area contributed by atoms with Crippen LogP contribution >= 0.6 is 0 Å². The Morgan fingerprint density at radius 3 is 2.12 bits per heavy atom. The third kappa shape index (κ3) is 9.06. The molecule has 354 valence electrons. The average molecular weight is 906 g/mol. The quantitative estimate of drug-likeness (QED) is 0.0720. The number of hydrogen-bond acceptors (Lipinski definition) is 15. The van der Waals surface area contributed by atoms with E-state index in [0.717, 1.165) is 0 Å². The van der Waals surface area contributed by atoms with Crippen molar-refractivity contribution in [2.24, 2.45) is 22.7 Å². The molecule has 2 N–H and O–H groups in total. The van der Waals surface area contributed by atoms with Crippen LogP contribution in [0.3, 0.4) is 0 Å². The fraction of sp³-hybridized carbons (Fsp3) is 0.592. The standard InChI is InChI=1S/C49H63NO15/c1-12-58-31(6)61-38(37(32-19-15-13-16-20-32)50-44(56)65-45(7,8)9)43(55)62-34-24-49(57)41(63-42(54)33-21-17-14-18-22-33)39-47(25-51,27(2)23-35-48(39,26-59-35)64-30(5)53)40(60-29(4)52)36(28(34)3)46(49,10)11/h13-22,25,27,31,34-35,37-41,57H,12,23-24,26H2,1-11H3,(H,50,56)/t27-,31?,34-,35+,37-,38+,39-,40+,41-,47+,48-,49+/m0/s1. The molecule has 0 aromatic heterocycles. The van der Waals surface area contributed by atoms with E-state index in [1.165, 1.54) is 26.0 Å². The Bertz CT molecular complexity index is 2150. The van der Waals surface area contributed by atoms with E-state index in [0.29, 0.717) is 17.4 Å². The number of aldehydes is 1. The van der Waals surface area contributed by atoms with E-state index in [4.69, 9.17) is 37.9 Å². The molecule has 3 fully saturated rings. The highest BCUT2D eigenvalue weighted by atomic mass is 16.7. The van der Waals surface area contributed by atoms with Gasteiger partial charge in [-0.2, -0.15) is 0 Å². The lowest BCUT2D eigenvalue weighted by molar-refractivity contribution is -0.338. The maximum absolute atomic E-state index is 15.1. The number of esters is 4. The van der Waals surface area contributed by atoms with Crippen LogP contribution in [0.1, 0.15) is 111 Å². The largest absolute Gasteiger partial charge is 0.457 e. The van der Waals surface area contributed by atoms with E-state index >= 15 is 4.79 Å². The lowest BCUT2D eigenvalue weighted by atomic mass is 9.49. The van der Waals surface area contributed by atoms with Gasteiger partial charge in [0.2, 0.25) is 0 Å². The van der Waals surface area contributed by atoms with Gasteiger partial charge in [0, 0.05) is 32.3 Å². The van der Waals surface area contributed by atoms with E-state index in [1.807, 2.05) is 0 Å². The molecule has 65 heavy (non-hydrogen) atoms. The number of rotatable bonds is 14. The molecule has 1 saturated heterocycles. The number of ether oxygens (including phenoxy) is 8. The monoisotopic (exact) mass is 905 g/mol. The normalized spacial score (nSPS) is 31.4. The Labute approximate surface area is 380 Å². The van der Waals surface area contributed by atoms with Crippen molar-refractivity contribution in [3.05, 3.63) is 82.9 Å². The summed E-state index contributed by atoms with van der Waals surface area (Å²) < 4.78 is 49.1. The number of carbonyl (C=O) groups excluding carboxylic acids is 6.